The number of nitrogens with one attached hydrogen (secondary N) is 1. The van der Waals surface area contributed by atoms with Crippen molar-refractivity contribution in [3.8, 4) is 0 Å². The number of hydrogen-bond donors (Lipinski definition) is 1. The van der Waals surface area contributed by atoms with Gasteiger partial charge in [-0.1, -0.05) is 0 Å². The number of hydrogen-bond acceptors (Lipinski definition) is 6. The van der Waals surface area contributed by atoms with E-state index in [0.717, 1.165) is 12.8 Å². The largest absolute Gasteiger partial charge is 0.434 e. The fraction of sp³-hybridized carbons (Fsp3) is 0.455. The fourth-order valence-corrected chi connectivity index (χ4v) is 2.78. The molecule has 19 heavy (non-hydrogen) atoms. The lowest BCUT2D eigenvalue weighted by Gasteiger charge is -2.30. The number of carbonyl (C=O) groups excluding carboxylic acids is 1. The number of H-pyrrole nitrogens is 1. The quantitative estimate of drug-likeness (QED) is 0.880. The lowest BCUT2D eigenvalue weighted by Crippen LogP contribution is -2.39. The topological polar surface area (TPSA) is 92.1 Å². The standard InChI is InChI=1S/C11H12N4O3S/c16-10(8-4-12-19-6-8)15-3-1-2-7(5-15)9-13-14-11(17)18-9/h4,6-7H,1-3,5H2,(H,14,17). The van der Waals surface area contributed by atoms with Crippen molar-refractivity contribution in [1.82, 2.24) is 19.5 Å². The number of rotatable bonds is 2. The first kappa shape index (κ1) is 12.1. The van der Waals surface area contributed by atoms with E-state index in [2.05, 4.69) is 14.6 Å². The van der Waals surface area contributed by atoms with Gasteiger partial charge in [-0.2, -0.15) is 0 Å². The molecule has 0 spiro atoms. The first-order valence-corrected chi connectivity index (χ1v) is 6.82. The van der Waals surface area contributed by atoms with E-state index in [1.807, 2.05) is 0 Å². The monoisotopic (exact) mass is 280 g/mol. The van der Waals surface area contributed by atoms with Crippen molar-refractivity contribution in [1.29, 1.82) is 0 Å². The summed E-state index contributed by atoms with van der Waals surface area (Å²) >= 11 is 1.26. The van der Waals surface area contributed by atoms with Gasteiger partial charge in [-0.05, 0) is 24.4 Å². The molecule has 2 aromatic heterocycles. The Morgan fingerprint density at radius 3 is 3.16 bits per heavy atom. The summed E-state index contributed by atoms with van der Waals surface area (Å²) in [6, 6.07) is 0. The lowest BCUT2D eigenvalue weighted by molar-refractivity contribution is 0.0698. The summed E-state index contributed by atoms with van der Waals surface area (Å²) in [6.07, 6.45) is 3.30. The number of amides is 1. The first-order chi connectivity index (χ1) is 9.24. The van der Waals surface area contributed by atoms with Crippen LogP contribution >= 0.6 is 11.5 Å². The summed E-state index contributed by atoms with van der Waals surface area (Å²) in [5, 5.41) is 7.83. The maximum atomic E-state index is 12.2. The van der Waals surface area contributed by atoms with E-state index in [9.17, 15) is 9.59 Å². The normalized spacial score (nSPS) is 19.6. The Hall–Kier alpha value is -1.96. The molecule has 1 aliphatic rings. The molecule has 7 nitrogen and oxygen atoms in total. The maximum absolute atomic E-state index is 12.2. The van der Waals surface area contributed by atoms with Crippen molar-refractivity contribution in [3.63, 3.8) is 0 Å². The Morgan fingerprint density at radius 1 is 1.58 bits per heavy atom. The third-order valence-corrected chi connectivity index (χ3v) is 3.78. The Balaban J connectivity index is 1.75. The Bertz CT molecular complexity index is 618. The molecule has 1 amide bonds. The summed E-state index contributed by atoms with van der Waals surface area (Å²) < 4.78 is 8.91. The van der Waals surface area contributed by atoms with Crippen molar-refractivity contribution in [2.24, 2.45) is 0 Å². The Morgan fingerprint density at radius 2 is 2.47 bits per heavy atom. The van der Waals surface area contributed by atoms with Crippen molar-refractivity contribution in [2.75, 3.05) is 13.1 Å². The molecule has 0 aromatic carbocycles. The highest BCUT2D eigenvalue weighted by Gasteiger charge is 2.28. The highest BCUT2D eigenvalue weighted by Crippen LogP contribution is 2.25. The van der Waals surface area contributed by atoms with Crippen molar-refractivity contribution < 1.29 is 9.21 Å². The molecule has 1 fully saturated rings. The molecule has 8 heteroatoms. The second-order valence-electron chi connectivity index (χ2n) is 4.45. The summed E-state index contributed by atoms with van der Waals surface area (Å²) in [6.45, 7) is 1.22. The van der Waals surface area contributed by atoms with Crippen LogP contribution in [0.5, 0.6) is 0 Å². The van der Waals surface area contributed by atoms with Gasteiger partial charge in [0.25, 0.3) is 5.91 Å². The average molecular weight is 280 g/mol. The second kappa shape index (κ2) is 4.96. The van der Waals surface area contributed by atoms with Gasteiger partial charge in [-0.3, -0.25) is 4.79 Å². The number of piperidine rings is 1. The summed E-state index contributed by atoms with van der Waals surface area (Å²) in [7, 11) is 0. The van der Waals surface area contributed by atoms with Crippen LogP contribution < -0.4 is 5.76 Å². The zero-order valence-corrected chi connectivity index (χ0v) is 10.9. The van der Waals surface area contributed by atoms with Gasteiger partial charge in [0.15, 0.2) is 0 Å². The van der Waals surface area contributed by atoms with Crippen molar-refractivity contribution in [2.45, 2.75) is 18.8 Å². The molecule has 1 N–H and O–H groups in total. The van der Waals surface area contributed by atoms with Crippen LogP contribution in [0.2, 0.25) is 0 Å². The molecule has 0 radical (unpaired) electrons. The van der Waals surface area contributed by atoms with Crippen LogP contribution in [0, 0.1) is 0 Å². The molecule has 3 rings (SSSR count). The molecule has 100 valence electrons. The zero-order valence-electron chi connectivity index (χ0n) is 10.0. The molecule has 1 atom stereocenters. The average Bonchev–Trinajstić information content (AvgIpc) is 3.09. The van der Waals surface area contributed by atoms with E-state index in [1.165, 1.54) is 11.5 Å². The third kappa shape index (κ3) is 2.43. The number of carbonyl (C=O) groups is 1. The molecule has 1 saturated heterocycles. The van der Waals surface area contributed by atoms with Gasteiger partial charge >= 0.3 is 5.76 Å². The van der Waals surface area contributed by atoms with Crippen LogP contribution in [-0.4, -0.2) is 38.5 Å². The van der Waals surface area contributed by atoms with Gasteiger partial charge in [0, 0.05) is 18.5 Å². The molecular weight excluding hydrogens is 268 g/mol. The second-order valence-corrected chi connectivity index (χ2v) is 5.11. The smallest absolute Gasteiger partial charge is 0.392 e. The molecule has 0 bridgehead atoms. The Labute approximate surface area is 112 Å². The number of likely N-dealkylation sites (tertiary alicyclic amines) is 1. The van der Waals surface area contributed by atoms with Crippen LogP contribution in [0.1, 0.15) is 35.0 Å². The molecule has 3 heterocycles. The lowest BCUT2D eigenvalue weighted by atomic mass is 9.97. The van der Waals surface area contributed by atoms with Gasteiger partial charge in [-0.25, -0.2) is 14.3 Å². The van der Waals surface area contributed by atoms with Crippen LogP contribution in [-0.2, 0) is 0 Å². The summed E-state index contributed by atoms with van der Waals surface area (Å²) in [5.41, 5.74) is 0.606. The van der Waals surface area contributed by atoms with E-state index in [1.54, 1.807) is 16.5 Å². The minimum atomic E-state index is -0.555. The van der Waals surface area contributed by atoms with Crippen LogP contribution in [0.25, 0.3) is 0 Å². The van der Waals surface area contributed by atoms with E-state index in [0.29, 0.717) is 24.5 Å². The van der Waals surface area contributed by atoms with E-state index >= 15 is 0 Å². The molecular formula is C11H12N4O3S. The van der Waals surface area contributed by atoms with Crippen LogP contribution in [0.4, 0.5) is 0 Å². The number of aromatic amines is 1. The molecule has 0 saturated carbocycles. The zero-order chi connectivity index (χ0) is 13.2. The van der Waals surface area contributed by atoms with Gasteiger partial charge in [0.2, 0.25) is 5.89 Å². The van der Waals surface area contributed by atoms with Gasteiger partial charge in [-0.15, -0.1) is 5.10 Å². The predicted molar refractivity (Wildman–Crippen MR) is 67.1 cm³/mol. The van der Waals surface area contributed by atoms with Crippen LogP contribution in [0.15, 0.2) is 20.8 Å². The molecule has 0 aliphatic carbocycles. The summed E-state index contributed by atoms with van der Waals surface area (Å²) in [5.74, 6) is -0.231. The van der Waals surface area contributed by atoms with E-state index < -0.39 is 5.76 Å². The summed E-state index contributed by atoms with van der Waals surface area (Å²) in [4.78, 5) is 24.9. The highest BCUT2D eigenvalue weighted by molar-refractivity contribution is 7.03. The number of nitrogens with zero attached hydrogens (tertiary/aromatic N) is 3. The molecule has 1 unspecified atom stereocenters. The van der Waals surface area contributed by atoms with Gasteiger partial charge in [0.1, 0.15) is 0 Å². The van der Waals surface area contributed by atoms with E-state index in [4.69, 9.17) is 4.42 Å². The highest BCUT2D eigenvalue weighted by atomic mass is 32.1. The van der Waals surface area contributed by atoms with Gasteiger partial charge < -0.3 is 9.32 Å². The van der Waals surface area contributed by atoms with Crippen LogP contribution in [0.3, 0.4) is 0 Å². The Kier molecular flexibility index (Phi) is 3.16. The predicted octanol–water partition coefficient (Wildman–Crippen LogP) is 0.839. The van der Waals surface area contributed by atoms with Crippen molar-refractivity contribution in [3.05, 3.63) is 33.6 Å². The number of aromatic nitrogens is 3. The molecule has 1 aliphatic heterocycles. The minimum absolute atomic E-state index is 0.0248. The fourth-order valence-electron chi connectivity index (χ4n) is 2.27. The SMILES string of the molecule is O=C(c1cnsc1)N1CCCC(c2n[nH]c(=O)o2)C1. The third-order valence-electron chi connectivity index (χ3n) is 3.19. The van der Waals surface area contributed by atoms with E-state index in [-0.39, 0.29) is 11.8 Å². The van der Waals surface area contributed by atoms with Crippen molar-refractivity contribution >= 4 is 17.4 Å². The van der Waals surface area contributed by atoms with Gasteiger partial charge in [0.05, 0.1) is 17.7 Å². The first-order valence-electron chi connectivity index (χ1n) is 5.98. The maximum Gasteiger partial charge on any atom is 0.434 e. The minimum Gasteiger partial charge on any atom is -0.392 e. The molecule has 2 aromatic rings.